The maximum Gasteiger partial charge on any atom is 0.278 e. The van der Waals surface area contributed by atoms with E-state index < -0.39 is 0 Å². The smallest absolute Gasteiger partial charge is 0.278 e. The number of hydrogen-bond acceptors (Lipinski definition) is 5. The highest BCUT2D eigenvalue weighted by molar-refractivity contribution is 6.04. The average molecular weight is 338 g/mol. The van der Waals surface area contributed by atoms with Crippen LogP contribution in [0.25, 0.3) is 5.69 Å². The number of rotatable bonds is 5. The fourth-order valence-electron chi connectivity index (χ4n) is 2.44. The first-order valence-corrected chi connectivity index (χ1v) is 7.65. The van der Waals surface area contributed by atoms with Gasteiger partial charge in [0.1, 0.15) is 11.5 Å². The zero-order valence-corrected chi connectivity index (χ0v) is 14.2. The summed E-state index contributed by atoms with van der Waals surface area (Å²) < 4.78 is 12.0. The summed E-state index contributed by atoms with van der Waals surface area (Å²) in [6.07, 6.45) is 0. The van der Waals surface area contributed by atoms with Gasteiger partial charge in [-0.3, -0.25) is 4.79 Å². The van der Waals surface area contributed by atoms with Crippen LogP contribution in [0.4, 0.5) is 5.69 Å². The average Bonchev–Trinajstić information content (AvgIpc) is 3.03. The van der Waals surface area contributed by atoms with Crippen LogP contribution in [-0.4, -0.2) is 35.1 Å². The Morgan fingerprint density at radius 3 is 2.44 bits per heavy atom. The highest BCUT2D eigenvalue weighted by Crippen LogP contribution is 2.24. The Morgan fingerprint density at radius 1 is 1.04 bits per heavy atom. The molecule has 0 bridgehead atoms. The van der Waals surface area contributed by atoms with Crippen molar-refractivity contribution in [2.24, 2.45) is 0 Å². The van der Waals surface area contributed by atoms with Gasteiger partial charge in [0.05, 0.1) is 31.3 Å². The Morgan fingerprint density at radius 2 is 1.76 bits per heavy atom. The quantitative estimate of drug-likeness (QED) is 0.774. The number of aromatic nitrogens is 3. The van der Waals surface area contributed by atoms with E-state index in [9.17, 15) is 4.79 Å². The first-order chi connectivity index (χ1) is 12.1. The lowest BCUT2D eigenvalue weighted by molar-refractivity contribution is 0.102. The van der Waals surface area contributed by atoms with Gasteiger partial charge in [-0.05, 0) is 43.3 Å². The van der Waals surface area contributed by atoms with E-state index in [4.69, 9.17) is 9.47 Å². The Kier molecular flexibility index (Phi) is 4.65. The van der Waals surface area contributed by atoms with Crippen molar-refractivity contribution in [3.8, 4) is 17.2 Å². The number of amides is 1. The Hall–Kier alpha value is -3.35. The molecule has 0 radical (unpaired) electrons. The molecular formula is C18H18N4O3. The molecule has 0 saturated heterocycles. The second-order valence-electron chi connectivity index (χ2n) is 5.29. The number of carbonyl (C=O) groups is 1. The van der Waals surface area contributed by atoms with Crippen LogP contribution < -0.4 is 14.8 Å². The van der Waals surface area contributed by atoms with Crippen LogP contribution in [0.5, 0.6) is 11.5 Å². The van der Waals surface area contributed by atoms with Crippen LogP contribution in [0.15, 0.2) is 48.5 Å². The second-order valence-corrected chi connectivity index (χ2v) is 5.29. The van der Waals surface area contributed by atoms with Crippen molar-refractivity contribution in [2.75, 3.05) is 19.5 Å². The van der Waals surface area contributed by atoms with Gasteiger partial charge in [0.15, 0.2) is 5.69 Å². The summed E-state index contributed by atoms with van der Waals surface area (Å²) in [4.78, 5) is 12.5. The van der Waals surface area contributed by atoms with E-state index in [1.54, 1.807) is 38.0 Å². The zero-order valence-electron chi connectivity index (χ0n) is 14.2. The molecule has 0 aliphatic heterocycles. The highest BCUT2D eigenvalue weighted by Gasteiger charge is 2.18. The molecule has 1 N–H and O–H groups in total. The minimum atomic E-state index is -0.346. The third-order valence-electron chi connectivity index (χ3n) is 3.78. The minimum absolute atomic E-state index is 0.252. The SMILES string of the molecule is COc1ccc(-n2nnc(C(=O)Nc3ccccc3OC)c2C)cc1. The van der Waals surface area contributed by atoms with E-state index in [0.29, 0.717) is 17.1 Å². The molecule has 1 heterocycles. The molecule has 2 aromatic carbocycles. The van der Waals surface area contributed by atoms with E-state index in [0.717, 1.165) is 11.4 Å². The van der Waals surface area contributed by atoms with Crippen LogP contribution in [0.3, 0.4) is 0 Å². The van der Waals surface area contributed by atoms with Crippen molar-refractivity contribution in [1.82, 2.24) is 15.0 Å². The number of carbonyl (C=O) groups excluding carboxylic acids is 1. The van der Waals surface area contributed by atoms with Crippen molar-refractivity contribution in [1.29, 1.82) is 0 Å². The summed E-state index contributed by atoms with van der Waals surface area (Å²) in [6, 6.07) is 14.5. The van der Waals surface area contributed by atoms with E-state index in [1.807, 2.05) is 36.4 Å². The van der Waals surface area contributed by atoms with Crippen molar-refractivity contribution in [2.45, 2.75) is 6.92 Å². The molecule has 0 spiro atoms. The lowest BCUT2D eigenvalue weighted by Crippen LogP contribution is -2.14. The van der Waals surface area contributed by atoms with E-state index in [2.05, 4.69) is 15.6 Å². The Labute approximate surface area is 145 Å². The van der Waals surface area contributed by atoms with Crippen LogP contribution in [0, 0.1) is 6.92 Å². The summed E-state index contributed by atoms with van der Waals surface area (Å²) >= 11 is 0. The van der Waals surface area contributed by atoms with Crippen molar-refractivity contribution < 1.29 is 14.3 Å². The summed E-state index contributed by atoms with van der Waals surface area (Å²) in [5.74, 6) is 0.980. The maximum atomic E-state index is 12.5. The summed E-state index contributed by atoms with van der Waals surface area (Å²) in [5, 5.41) is 10.9. The van der Waals surface area contributed by atoms with Crippen molar-refractivity contribution in [3.05, 3.63) is 59.9 Å². The fraction of sp³-hybridized carbons (Fsp3) is 0.167. The monoisotopic (exact) mass is 338 g/mol. The number of anilines is 1. The molecule has 7 nitrogen and oxygen atoms in total. The van der Waals surface area contributed by atoms with Gasteiger partial charge in [-0.1, -0.05) is 17.3 Å². The van der Waals surface area contributed by atoms with Crippen LogP contribution in [0.1, 0.15) is 16.2 Å². The number of nitrogens with zero attached hydrogens (tertiary/aromatic N) is 3. The lowest BCUT2D eigenvalue weighted by Gasteiger charge is -2.09. The van der Waals surface area contributed by atoms with E-state index in [1.165, 1.54) is 0 Å². The molecular weight excluding hydrogens is 320 g/mol. The normalized spacial score (nSPS) is 10.4. The molecule has 0 saturated carbocycles. The highest BCUT2D eigenvalue weighted by atomic mass is 16.5. The topological polar surface area (TPSA) is 78.3 Å². The van der Waals surface area contributed by atoms with Gasteiger partial charge in [0.2, 0.25) is 0 Å². The van der Waals surface area contributed by atoms with Crippen LogP contribution >= 0.6 is 0 Å². The lowest BCUT2D eigenvalue weighted by atomic mass is 10.2. The number of para-hydroxylation sites is 2. The van der Waals surface area contributed by atoms with Gasteiger partial charge in [-0.2, -0.15) is 0 Å². The molecule has 0 aliphatic rings. The molecule has 128 valence electrons. The number of ether oxygens (including phenoxy) is 2. The number of nitrogens with one attached hydrogen (secondary N) is 1. The van der Waals surface area contributed by atoms with E-state index in [-0.39, 0.29) is 11.6 Å². The van der Waals surface area contributed by atoms with Crippen molar-refractivity contribution >= 4 is 11.6 Å². The zero-order chi connectivity index (χ0) is 17.8. The van der Waals surface area contributed by atoms with Crippen molar-refractivity contribution in [3.63, 3.8) is 0 Å². The largest absolute Gasteiger partial charge is 0.497 e. The van der Waals surface area contributed by atoms with Gasteiger partial charge in [-0.25, -0.2) is 4.68 Å². The molecule has 1 aromatic heterocycles. The minimum Gasteiger partial charge on any atom is -0.497 e. The summed E-state index contributed by atoms with van der Waals surface area (Å²) in [5.41, 5.74) is 2.26. The molecule has 0 atom stereocenters. The van der Waals surface area contributed by atoms with E-state index >= 15 is 0 Å². The molecule has 1 amide bonds. The molecule has 3 rings (SSSR count). The molecule has 25 heavy (non-hydrogen) atoms. The summed E-state index contributed by atoms with van der Waals surface area (Å²) in [6.45, 7) is 1.79. The molecule has 3 aromatic rings. The number of methoxy groups -OCH3 is 2. The first kappa shape index (κ1) is 16.5. The van der Waals surface area contributed by atoms with Gasteiger partial charge >= 0.3 is 0 Å². The molecule has 0 aliphatic carbocycles. The molecule has 7 heteroatoms. The van der Waals surface area contributed by atoms with Gasteiger partial charge in [0.25, 0.3) is 5.91 Å². The van der Waals surface area contributed by atoms with Crippen LogP contribution in [0.2, 0.25) is 0 Å². The number of benzene rings is 2. The van der Waals surface area contributed by atoms with Gasteiger partial charge in [0, 0.05) is 0 Å². The standard InChI is InChI=1S/C18H18N4O3/c1-12-17(18(23)19-15-6-4-5-7-16(15)25-3)20-21-22(12)13-8-10-14(24-2)11-9-13/h4-11H,1-3H3,(H,19,23). The molecule has 0 unspecified atom stereocenters. The summed E-state index contributed by atoms with van der Waals surface area (Å²) in [7, 11) is 3.16. The van der Waals surface area contributed by atoms with Gasteiger partial charge < -0.3 is 14.8 Å². The second kappa shape index (κ2) is 7.04. The third kappa shape index (κ3) is 3.30. The Bertz CT molecular complexity index is 888. The Balaban J connectivity index is 1.86. The maximum absolute atomic E-state index is 12.5. The number of hydrogen-bond donors (Lipinski definition) is 1. The predicted octanol–water partition coefficient (Wildman–Crippen LogP) is 2.85. The van der Waals surface area contributed by atoms with Gasteiger partial charge in [-0.15, -0.1) is 5.10 Å². The molecule has 0 fully saturated rings. The first-order valence-electron chi connectivity index (χ1n) is 7.65. The van der Waals surface area contributed by atoms with Crippen LogP contribution in [-0.2, 0) is 0 Å². The third-order valence-corrected chi connectivity index (χ3v) is 3.78. The fourth-order valence-corrected chi connectivity index (χ4v) is 2.44. The predicted molar refractivity (Wildman–Crippen MR) is 93.6 cm³/mol.